The maximum atomic E-state index is 12.2. The van der Waals surface area contributed by atoms with Gasteiger partial charge in [-0.15, -0.1) is 0 Å². The van der Waals surface area contributed by atoms with Crippen molar-refractivity contribution in [2.75, 3.05) is 42.1 Å². The lowest BCUT2D eigenvalue weighted by Gasteiger charge is -2.36. The molecule has 0 atom stereocenters. The zero-order chi connectivity index (χ0) is 22.8. The molecule has 0 unspecified atom stereocenters. The number of benzene rings is 2. The quantitative estimate of drug-likeness (QED) is 0.525. The van der Waals surface area contributed by atoms with E-state index in [4.69, 9.17) is 22.1 Å². The van der Waals surface area contributed by atoms with Crippen LogP contribution >= 0.6 is 11.6 Å². The van der Waals surface area contributed by atoms with Crippen molar-refractivity contribution in [2.45, 2.75) is 12.8 Å². The molecule has 1 aliphatic heterocycles. The number of nitrogen functional groups attached to an aromatic ring is 1. The van der Waals surface area contributed by atoms with Crippen molar-refractivity contribution in [1.82, 2.24) is 14.9 Å². The fourth-order valence-corrected chi connectivity index (χ4v) is 3.96. The lowest BCUT2D eigenvalue weighted by Crippen LogP contribution is -2.49. The first-order valence-electron chi connectivity index (χ1n) is 11.0. The Hall–Kier alpha value is -3.52. The van der Waals surface area contributed by atoms with Gasteiger partial charge in [0.15, 0.2) is 0 Å². The number of piperazine rings is 1. The molecule has 1 aromatic heterocycles. The number of carbonyl (C=O) groups is 1. The highest BCUT2D eigenvalue weighted by atomic mass is 35.5. The van der Waals surface area contributed by atoms with Crippen LogP contribution in [0.25, 0.3) is 0 Å². The van der Waals surface area contributed by atoms with Gasteiger partial charge in [0, 0.05) is 55.2 Å². The monoisotopic (exact) mass is 464 g/mol. The number of anilines is 4. The molecule has 5 rings (SSSR count). The van der Waals surface area contributed by atoms with Crippen LogP contribution in [0.15, 0.2) is 54.7 Å². The molecule has 170 valence electrons. The molecule has 2 aromatic carbocycles. The standard InChI is InChI=1S/C24H25ClN6O2/c25-21-15-27-24(29-22(21)33-20-3-1-2-17(26)14-20)28-18-6-8-19(9-7-18)30-10-12-31(13-11-30)23(32)16-4-5-16/h1-3,6-9,14-16H,4-5,10-13,26H2,(H,27,28,29). The maximum Gasteiger partial charge on any atom is 0.243 e. The average Bonchev–Trinajstić information content (AvgIpc) is 3.67. The summed E-state index contributed by atoms with van der Waals surface area (Å²) >= 11 is 6.21. The molecule has 1 aliphatic carbocycles. The van der Waals surface area contributed by atoms with Gasteiger partial charge in [-0.1, -0.05) is 17.7 Å². The molecule has 8 nitrogen and oxygen atoms in total. The lowest BCUT2D eigenvalue weighted by atomic mass is 10.2. The molecule has 0 spiro atoms. The number of nitrogens with zero attached hydrogens (tertiary/aromatic N) is 4. The highest BCUT2D eigenvalue weighted by molar-refractivity contribution is 6.31. The van der Waals surface area contributed by atoms with Crippen LogP contribution in [0, 0.1) is 5.92 Å². The van der Waals surface area contributed by atoms with Crippen LogP contribution in [0.1, 0.15) is 12.8 Å². The Labute approximate surface area is 197 Å². The number of amides is 1. The number of nitrogens with one attached hydrogen (secondary N) is 1. The normalized spacial score (nSPS) is 15.9. The highest BCUT2D eigenvalue weighted by Gasteiger charge is 2.34. The Morgan fingerprint density at radius 1 is 1.09 bits per heavy atom. The number of halogens is 1. The van der Waals surface area contributed by atoms with Crippen molar-refractivity contribution in [3.8, 4) is 11.6 Å². The summed E-state index contributed by atoms with van der Waals surface area (Å²) in [5.74, 6) is 1.78. The van der Waals surface area contributed by atoms with Crippen LogP contribution in [-0.4, -0.2) is 47.0 Å². The molecular weight excluding hydrogens is 440 g/mol. The second-order valence-corrected chi connectivity index (χ2v) is 8.69. The number of hydrogen-bond donors (Lipinski definition) is 2. The van der Waals surface area contributed by atoms with Crippen molar-refractivity contribution in [1.29, 1.82) is 0 Å². The molecule has 2 fully saturated rings. The van der Waals surface area contributed by atoms with Gasteiger partial charge in [-0.2, -0.15) is 4.98 Å². The minimum atomic E-state index is 0.245. The topological polar surface area (TPSA) is 96.6 Å². The molecule has 1 saturated carbocycles. The van der Waals surface area contributed by atoms with Gasteiger partial charge in [-0.3, -0.25) is 4.79 Å². The van der Waals surface area contributed by atoms with E-state index in [9.17, 15) is 4.79 Å². The first-order valence-corrected chi connectivity index (χ1v) is 11.4. The van der Waals surface area contributed by atoms with Crippen molar-refractivity contribution < 1.29 is 9.53 Å². The third kappa shape index (κ3) is 5.12. The second kappa shape index (κ2) is 9.15. The Balaban J connectivity index is 1.21. The van der Waals surface area contributed by atoms with E-state index in [1.165, 1.54) is 6.20 Å². The van der Waals surface area contributed by atoms with Gasteiger partial charge in [-0.05, 0) is 49.2 Å². The lowest BCUT2D eigenvalue weighted by molar-refractivity contribution is -0.132. The fraction of sp³-hybridized carbons (Fsp3) is 0.292. The summed E-state index contributed by atoms with van der Waals surface area (Å²) in [7, 11) is 0. The van der Waals surface area contributed by atoms with E-state index < -0.39 is 0 Å². The van der Waals surface area contributed by atoms with Crippen molar-refractivity contribution in [3.63, 3.8) is 0 Å². The van der Waals surface area contributed by atoms with E-state index in [2.05, 4.69) is 32.3 Å². The number of ether oxygens (including phenoxy) is 1. The predicted octanol–water partition coefficient (Wildman–Crippen LogP) is 4.31. The Bertz CT molecular complexity index is 1140. The molecule has 33 heavy (non-hydrogen) atoms. The number of hydrogen-bond acceptors (Lipinski definition) is 7. The Morgan fingerprint density at radius 3 is 2.55 bits per heavy atom. The smallest absolute Gasteiger partial charge is 0.243 e. The van der Waals surface area contributed by atoms with Gasteiger partial charge in [-0.25, -0.2) is 4.98 Å². The zero-order valence-electron chi connectivity index (χ0n) is 18.1. The number of carbonyl (C=O) groups excluding carboxylic acids is 1. The maximum absolute atomic E-state index is 12.2. The van der Waals surface area contributed by atoms with Gasteiger partial charge >= 0.3 is 0 Å². The molecule has 2 aliphatic rings. The molecule has 1 saturated heterocycles. The first-order chi connectivity index (χ1) is 16.0. The highest BCUT2D eigenvalue weighted by Crippen LogP contribution is 2.32. The van der Waals surface area contributed by atoms with Crippen molar-refractivity contribution in [2.24, 2.45) is 5.92 Å². The number of rotatable bonds is 6. The van der Waals surface area contributed by atoms with Crippen LogP contribution < -0.4 is 20.7 Å². The summed E-state index contributed by atoms with van der Waals surface area (Å²) in [6, 6.07) is 15.1. The molecular formula is C24H25ClN6O2. The van der Waals surface area contributed by atoms with E-state index in [0.717, 1.165) is 50.4 Å². The molecule has 3 N–H and O–H groups in total. The molecule has 0 radical (unpaired) electrons. The summed E-state index contributed by atoms with van der Waals surface area (Å²) in [5.41, 5.74) is 8.37. The van der Waals surface area contributed by atoms with Gasteiger partial charge in [0.25, 0.3) is 0 Å². The fourth-order valence-electron chi connectivity index (χ4n) is 3.83. The molecule has 9 heteroatoms. The summed E-state index contributed by atoms with van der Waals surface area (Å²) < 4.78 is 5.77. The minimum absolute atomic E-state index is 0.245. The summed E-state index contributed by atoms with van der Waals surface area (Å²) in [6.07, 6.45) is 3.61. The largest absolute Gasteiger partial charge is 0.437 e. The first kappa shape index (κ1) is 21.3. The number of aromatic nitrogens is 2. The van der Waals surface area contributed by atoms with E-state index in [-0.39, 0.29) is 11.8 Å². The van der Waals surface area contributed by atoms with E-state index >= 15 is 0 Å². The van der Waals surface area contributed by atoms with Gasteiger partial charge in [0.2, 0.25) is 17.7 Å². The van der Waals surface area contributed by atoms with Crippen LogP contribution in [0.2, 0.25) is 5.02 Å². The van der Waals surface area contributed by atoms with Crippen LogP contribution in [0.5, 0.6) is 11.6 Å². The van der Waals surface area contributed by atoms with Crippen LogP contribution in [-0.2, 0) is 4.79 Å². The van der Waals surface area contributed by atoms with E-state index in [0.29, 0.717) is 28.3 Å². The average molecular weight is 465 g/mol. The van der Waals surface area contributed by atoms with Gasteiger partial charge < -0.3 is 25.6 Å². The molecule has 2 heterocycles. The SMILES string of the molecule is Nc1cccc(Oc2nc(Nc3ccc(N4CCN(C(=O)C5CC5)CC4)cc3)ncc2Cl)c1. The summed E-state index contributed by atoms with van der Waals surface area (Å²) in [6.45, 7) is 3.25. The van der Waals surface area contributed by atoms with Crippen molar-refractivity contribution >= 4 is 40.5 Å². The summed E-state index contributed by atoms with van der Waals surface area (Å²) in [5, 5.41) is 3.49. The Morgan fingerprint density at radius 2 is 1.85 bits per heavy atom. The minimum Gasteiger partial charge on any atom is -0.437 e. The molecule has 0 bridgehead atoms. The van der Waals surface area contributed by atoms with Crippen LogP contribution in [0.3, 0.4) is 0 Å². The third-order valence-corrected chi connectivity index (χ3v) is 6.05. The third-order valence-electron chi connectivity index (χ3n) is 5.79. The van der Waals surface area contributed by atoms with E-state index in [1.54, 1.807) is 24.3 Å². The van der Waals surface area contributed by atoms with E-state index in [1.807, 2.05) is 17.0 Å². The summed E-state index contributed by atoms with van der Waals surface area (Å²) in [4.78, 5) is 25.2. The number of nitrogens with two attached hydrogens (primary N) is 1. The molecule has 3 aromatic rings. The van der Waals surface area contributed by atoms with Gasteiger partial charge in [0.1, 0.15) is 10.8 Å². The van der Waals surface area contributed by atoms with Crippen molar-refractivity contribution in [3.05, 3.63) is 59.8 Å². The second-order valence-electron chi connectivity index (χ2n) is 8.28. The zero-order valence-corrected chi connectivity index (χ0v) is 18.8. The van der Waals surface area contributed by atoms with Crippen LogP contribution in [0.4, 0.5) is 23.0 Å². The molecule has 1 amide bonds. The Kier molecular flexibility index (Phi) is 5.92. The predicted molar refractivity (Wildman–Crippen MR) is 129 cm³/mol. The van der Waals surface area contributed by atoms with Gasteiger partial charge in [0.05, 0.1) is 6.20 Å².